The van der Waals surface area contributed by atoms with Crippen LogP contribution in [-0.4, -0.2) is 38.7 Å². The number of piperidine rings is 1. The number of anilines is 1. The highest BCUT2D eigenvalue weighted by molar-refractivity contribution is 6.30. The molecule has 1 unspecified atom stereocenters. The number of hydrogen-bond donors (Lipinski definition) is 1. The minimum atomic E-state index is 0.411. The van der Waals surface area contributed by atoms with Crippen molar-refractivity contribution in [3.63, 3.8) is 0 Å². The van der Waals surface area contributed by atoms with E-state index in [1.165, 1.54) is 5.69 Å². The molecule has 0 amide bonds. The molecule has 1 aliphatic heterocycles. The molecule has 3 aromatic heterocycles. The molecule has 6 nitrogen and oxygen atoms in total. The van der Waals surface area contributed by atoms with Crippen LogP contribution in [-0.2, 0) is 6.54 Å². The van der Waals surface area contributed by atoms with Gasteiger partial charge in [0.25, 0.3) is 0 Å². The fourth-order valence-corrected chi connectivity index (χ4v) is 3.43. The first-order valence-electron chi connectivity index (χ1n) is 8.83. The molecule has 0 aliphatic carbocycles. The summed E-state index contributed by atoms with van der Waals surface area (Å²) in [6.07, 6.45) is 9.58. The molecule has 1 fully saturated rings. The zero-order chi connectivity index (χ0) is 17.8. The predicted molar refractivity (Wildman–Crippen MR) is 103 cm³/mol. The molecule has 7 heteroatoms. The molecule has 26 heavy (non-hydrogen) atoms. The number of rotatable bonds is 5. The van der Waals surface area contributed by atoms with E-state index < -0.39 is 0 Å². The Bertz CT molecular complexity index is 833. The molecule has 1 saturated heterocycles. The maximum atomic E-state index is 5.94. The third-order valence-electron chi connectivity index (χ3n) is 4.62. The van der Waals surface area contributed by atoms with Crippen molar-refractivity contribution in [2.75, 3.05) is 18.0 Å². The van der Waals surface area contributed by atoms with Crippen LogP contribution >= 0.6 is 11.6 Å². The van der Waals surface area contributed by atoms with E-state index in [1.54, 1.807) is 18.6 Å². The van der Waals surface area contributed by atoms with Crippen LogP contribution in [0, 0.1) is 0 Å². The minimum absolute atomic E-state index is 0.411. The lowest BCUT2D eigenvalue weighted by molar-refractivity contribution is 0.415. The molecular weight excluding hydrogens is 348 g/mol. The zero-order valence-electron chi connectivity index (χ0n) is 14.4. The molecule has 4 heterocycles. The van der Waals surface area contributed by atoms with Crippen LogP contribution in [0.5, 0.6) is 0 Å². The van der Waals surface area contributed by atoms with E-state index >= 15 is 0 Å². The third-order valence-corrected chi connectivity index (χ3v) is 4.84. The molecule has 0 radical (unpaired) electrons. The highest BCUT2D eigenvalue weighted by atomic mass is 35.5. The molecule has 4 rings (SSSR count). The molecule has 134 valence electrons. The van der Waals surface area contributed by atoms with Gasteiger partial charge in [0, 0.05) is 56.2 Å². The molecule has 1 atom stereocenters. The Morgan fingerprint density at radius 3 is 2.81 bits per heavy atom. The van der Waals surface area contributed by atoms with Crippen molar-refractivity contribution in [2.45, 2.75) is 25.4 Å². The van der Waals surface area contributed by atoms with Gasteiger partial charge < -0.3 is 14.8 Å². The van der Waals surface area contributed by atoms with Gasteiger partial charge in [-0.15, -0.1) is 0 Å². The summed E-state index contributed by atoms with van der Waals surface area (Å²) in [5, 5.41) is 4.32. The minimum Gasteiger partial charge on any atom is -0.339 e. The predicted octanol–water partition coefficient (Wildman–Crippen LogP) is 3.07. The number of pyridine rings is 1. The van der Waals surface area contributed by atoms with Gasteiger partial charge in [-0.2, -0.15) is 0 Å². The van der Waals surface area contributed by atoms with Crippen molar-refractivity contribution in [1.29, 1.82) is 0 Å². The van der Waals surface area contributed by atoms with Crippen LogP contribution in [0.2, 0.25) is 5.02 Å². The van der Waals surface area contributed by atoms with Crippen LogP contribution < -0.4 is 10.2 Å². The normalized spacial score (nSPS) is 17.4. The number of aromatic nitrogens is 4. The summed E-state index contributed by atoms with van der Waals surface area (Å²) < 4.78 is 2.09. The van der Waals surface area contributed by atoms with E-state index in [2.05, 4.69) is 35.8 Å². The Hall–Kier alpha value is -2.44. The van der Waals surface area contributed by atoms with Gasteiger partial charge in [-0.25, -0.2) is 15.0 Å². The van der Waals surface area contributed by atoms with Crippen molar-refractivity contribution >= 4 is 17.5 Å². The molecule has 0 saturated carbocycles. The van der Waals surface area contributed by atoms with Crippen LogP contribution in [0.25, 0.3) is 5.82 Å². The summed E-state index contributed by atoms with van der Waals surface area (Å²) >= 11 is 5.94. The van der Waals surface area contributed by atoms with Gasteiger partial charge in [-0.3, -0.25) is 0 Å². The number of nitrogens with zero attached hydrogens (tertiary/aromatic N) is 5. The van der Waals surface area contributed by atoms with Gasteiger partial charge in [-0.05, 0) is 43.2 Å². The quantitative estimate of drug-likeness (QED) is 0.750. The fraction of sp³-hybridized carbons (Fsp3) is 0.316. The van der Waals surface area contributed by atoms with E-state index in [0.717, 1.165) is 44.2 Å². The molecule has 0 spiro atoms. The van der Waals surface area contributed by atoms with Crippen LogP contribution in [0.15, 0.2) is 55.1 Å². The number of hydrogen-bond acceptors (Lipinski definition) is 5. The average molecular weight is 369 g/mol. The molecule has 1 aliphatic rings. The van der Waals surface area contributed by atoms with Gasteiger partial charge in [0.15, 0.2) is 0 Å². The molecule has 0 bridgehead atoms. The lowest BCUT2D eigenvalue weighted by Gasteiger charge is -2.33. The fourth-order valence-electron chi connectivity index (χ4n) is 3.32. The second kappa shape index (κ2) is 7.85. The Morgan fingerprint density at radius 1 is 1.12 bits per heavy atom. The van der Waals surface area contributed by atoms with E-state index in [9.17, 15) is 0 Å². The van der Waals surface area contributed by atoms with Gasteiger partial charge >= 0.3 is 0 Å². The van der Waals surface area contributed by atoms with E-state index in [0.29, 0.717) is 11.1 Å². The van der Waals surface area contributed by atoms with E-state index in [-0.39, 0.29) is 0 Å². The standard InChI is InChI=1S/C19H21ClN6/c20-15-6-7-18(24-12-15)26-11-2-5-17(26)13-23-16-4-1-10-25(14-16)19-21-8-3-9-22-19/h2-3,5-9,11-12,16,23H,1,4,10,13-14H2. The summed E-state index contributed by atoms with van der Waals surface area (Å²) in [6, 6.07) is 10.2. The summed E-state index contributed by atoms with van der Waals surface area (Å²) in [4.78, 5) is 15.4. The first-order chi connectivity index (χ1) is 12.8. The van der Waals surface area contributed by atoms with Crippen molar-refractivity contribution < 1.29 is 0 Å². The van der Waals surface area contributed by atoms with Crippen LogP contribution in [0.1, 0.15) is 18.5 Å². The second-order valence-corrected chi connectivity index (χ2v) is 6.86. The Kier molecular flexibility index (Phi) is 5.13. The maximum Gasteiger partial charge on any atom is 0.225 e. The first-order valence-corrected chi connectivity index (χ1v) is 9.21. The lowest BCUT2D eigenvalue weighted by Crippen LogP contribution is -2.46. The lowest BCUT2D eigenvalue weighted by atomic mass is 10.1. The van der Waals surface area contributed by atoms with Crippen LogP contribution in [0.3, 0.4) is 0 Å². The van der Waals surface area contributed by atoms with Crippen molar-refractivity contribution in [2.24, 2.45) is 0 Å². The zero-order valence-corrected chi connectivity index (χ0v) is 15.2. The maximum absolute atomic E-state index is 5.94. The van der Waals surface area contributed by atoms with Crippen molar-refractivity contribution in [3.8, 4) is 5.82 Å². The largest absolute Gasteiger partial charge is 0.339 e. The summed E-state index contributed by atoms with van der Waals surface area (Å²) in [6.45, 7) is 2.71. The molecular formula is C19H21ClN6. The highest BCUT2D eigenvalue weighted by Gasteiger charge is 2.21. The Balaban J connectivity index is 1.40. The van der Waals surface area contributed by atoms with Crippen LogP contribution in [0.4, 0.5) is 5.95 Å². The van der Waals surface area contributed by atoms with E-state index in [4.69, 9.17) is 11.6 Å². The monoisotopic (exact) mass is 368 g/mol. The topological polar surface area (TPSA) is 58.9 Å². The smallest absolute Gasteiger partial charge is 0.225 e. The van der Waals surface area contributed by atoms with Gasteiger partial charge in [0.1, 0.15) is 5.82 Å². The second-order valence-electron chi connectivity index (χ2n) is 6.42. The first kappa shape index (κ1) is 17.0. The highest BCUT2D eigenvalue weighted by Crippen LogP contribution is 2.17. The Labute approximate surface area is 157 Å². The van der Waals surface area contributed by atoms with Crippen molar-refractivity contribution in [3.05, 3.63) is 65.8 Å². The molecule has 0 aromatic carbocycles. The number of nitrogens with one attached hydrogen (secondary N) is 1. The Morgan fingerprint density at radius 2 is 2.00 bits per heavy atom. The third kappa shape index (κ3) is 3.86. The SMILES string of the molecule is Clc1ccc(-n2cccc2CNC2CCCN(c3ncccn3)C2)nc1. The van der Waals surface area contributed by atoms with Crippen molar-refractivity contribution in [1.82, 2.24) is 24.8 Å². The molecule has 1 N–H and O–H groups in total. The number of halogens is 1. The van der Waals surface area contributed by atoms with E-state index in [1.807, 2.05) is 30.5 Å². The van der Waals surface area contributed by atoms with Gasteiger partial charge in [0.05, 0.1) is 5.02 Å². The summed E-state index contributed by atoms with van der Waals surface area (Å²) in [7, 11) is 0. The van der Waals surface area contributed by atoms with Gasteiger partial charge in [0.2, 0.25) is 5.95 Å². The molecule has 3 aromatic rings. The van der Waals surface area contributed by atoms with Gasteiger partial charge in [-0.1, -0.05) is 11.6 Å². The summed E-state index contributed by atoms with van der Waals surface area (Å²) in [5.41, 5.74) is 1.17. The average Bonchev–Trinajstić information content (AvgIpc) is 3.16. The summed E-state index contributed by atoms with van der Waals surface area (Å²) in [5.74, 6) is 1.69.